The molecule has 0 unspecified atom stereocenters. The zero-order valence-corrected chi connectivity index (χ0v) is 14.9. The number of carbonyl (C=O) groups excluding carboxylic acids is 2. The Morgan fingerprint density at radius 3 is 2.50 bits per heavy atom. The molecule has 2 aromatic rings. The summed E-state index contributed by atoms with van der Waals surface area (Å²) in [4.78, 5) is 22.4. The quantitative estimate of drug-likeness (QED) is 0.793. The van der Waals surface area contributed by atoms with Gasteiger partial charge < -0.3 is 15.8 Å². The van der Waals surface area contributed by atoms with E-state index in [0.717, 1.165) is 11.6 Å². The lowest BCUT2D eigenvalue weighted by Crippen LogP contribution is -2.34. The van der Waals surface area contributed by atoms with Gasteiger partial charge in [0.2, 0.25) is 11.8 Å². The van der Waals surface area contributed by atoms with Crippen LogP contribution < -0.4 is 15.8 Å². The van der Waals surface area contributed by atoms with Gasteiger partial charge in [-0.25, -0.2) is 0 Å². The Morgan fingerprint density at radius 1 is 1.07 bits per heavy atom. The predicted octanol–water partition coefficient (Wildman–Crippen LogP) is 3.06. The molecule has 2 amide bonds. The zero-order chi connectivity index (χ0) is 20.3. The van der Waals surface area contributed by atoms with Gasteiger partial charge in [0.05, 0.1) is 12.1 Å². The van der Waals surface area contributed by atoms with Crippen molar-refractivity contribution < 1.29 is 27.5 Å². The first-order chi connectivity index (χ1) is 13.3. The Hall–Kier alpha value is -3.03. The van der Waals surface area contributed by atoms with Crippen molar-refractivity contribution in [3.8, 4) is 16.9 Å². The fourth-order valence-corrected chi connectivity index (χ4v) is 3.18. The molecule has 0 spiro atoms. The van der Waals surface area contributed by atoms with Gasteiger partial charge in [-0.1, -0.05) is 36.4 Å². The molecule has 0 aromatic heterocycles. The van der Waals surface area contributed by atoms with Crippen LogP contribution in [0, 0.1) is 0 Å². The van der Waals surface area contributed by atoms with Gasteiger partial charge in [0.15, 0.2) is 0 Å². The minimum Gasteiger partial charge on any atom is -0.487 e. The predicted molar refractivity (Wildman–Crippen MR) is 96.4 cm³/mol. The molecule has 148 valence electrons. The number of para-hydroxylation sites is 1. The third-order valence-electron chi connectivity index (χ3n) is 4.48. The first-order valence-corrected chi connectivity index (χ1v) is 8.76. The van der Waals surface area contributed by atoms with Crippen LogP contribution in [0.15, 0.2) is 42.5 Å². The monoisotopic (exact) mass is 392 g/mol. The number of rotatable bonds is 6. The maximum atomic E-state index is 13.4. The highest BCUT2D eigenvalue weighted by Crippen LogP contribution is 2.43. The van der Waals surface area contributed by atoms with Crippen molar-refractivity contribution in [1.82, 2.24) is 5.32 Å². The molecular formula is C20H19F3N2O3. The number of primary amides is 1. The summed E-state index contributed by atoms with van der Waals surface area (Å²) >= 11 is 0. The Morgan fingerprint density at radius 2 is 1.79 bits per heavy atom. The fraction of sp³-hybridized carbons (Fsp3) is 0.300. The van der Waals surface area contributed by atoms with Gasteiger partial charge >= 0.3 is 6.18 Å². The van der Waals surface area contributed by atoms with E-state index in [1.165, 1.54) is 12.1 Å². The number of halogens is 3. The number of nitrogens with two attached hydrogens (primary N) is 1. The van der Waals surface area contributed by atoms with Crippen LogP contribution in [0.3, 0.4) is 0 Å². The van der Waals surface area contributed by atoms with Crippen molar-refractivity contribution >= 4 is 11.8 Å². The van der Waals surface area contributed by atoms with Crippen molar-refractivity contribution in [1.29, 1.82) is 0 Å². The van der Waals surface area contributed by atoms with E-state index in [1.807, 2.05) is 0 Å². The van der Waals surface area contributed by atoms with E-state index in [2.05, 4.69) is 5.32 Å². The Labute approximate surface area is 159 Å². The molecule has 0 radical (unpaired) electrons. The van der Waals surface area contributed by atoms with Gasteiger partial charge in [0.1, 0.15) is 11.9 Å². The largest absolute Gasteiger partial charge is 0.487 e. The number of alkyl halides is 3. The standard InChI is InChI=1S/C20H19F3N2O3/c21-20(22,23)16-7-2-1-5-14(16)15-6-3-4-12-10-13(28-19(12)15)11-25-18(27)9-8-17(24)26/h1-7,13H,8-11H2,(H2,24,26)(H,25,27)/t13-/m0/s1. The van der Waals surface area contributed by atoms with Crippen LogP contribution in [0.25, 0.3) is 11.1 Å². The summed E-state index contributed by atoms with van der Waals surface area (Å²) in [5.41, 5.74) is 5.49. The highest BCUT2D eigenvalue weighted by Gasteiger charge is 2.35. The lowest BCUT2D eigenvalue weighted by Gasteiger charge is -2.16. The Balaban J connectivity index is 1.76. The number of nitrogens with one attached hydrogen (secondary N) is 1. The van der Waals surface area contributed by atoms with Gasteiger partial charge in [0, 0.05) is 24.8 Å². The number of hydrogen-bond acceptors (Lipinski definition) is 3. The molecule has 3 rings (SSSR count). The number of benzene rings is 2. The minimum atomic E-state index is -4.48. The van der Waals surface area contributed by atoms with E-state index in [0.29, 0.717) is 17.7 Å². The minimum absolute atomic E-state index is 0.0147. The van der Waals surface area contributed by atoms with Crippen LogP contribution in [0.5, 0.6) is 5.75 Å². The molecule has 0 fully saturated rings. The summed E-state index contributed by atoms with van der Waals surface area (Å²) < 4.78 is 46.0. The zero-order valence-electron chi connectivity index (χ0n) is 14.9. The molecule has 0 saturated carbocycles. The van der Waals surface area contributed by atoms with Crippen molar-refractivity contribution in [3.05, 3.63) is 53.6 Å². The second kappa shape index (κ2) is 7.92. The molecule has 5 nitrogen and oxygen atoms in total. The molecule has 1 aliphatic heterocycles. The molecule has 1 heterocycles. The van der Waals surface area contributed by atoms with Gasteiger partial charge in [0.25, 0.3) is 0 Å². The summed E-state index contributed by atoms with van der Waals surface area (Å²) in [6, 6.07) is 10.4. The van der Waals surface area contributed by atoms with Gasteiger partial charge in [-0.15, -0.1) is 0 Å². The molecule has 3 N–H and O–H groups in total. The van der Waals surface area contributed by atoms with E-state index in [4.69, 9.17) is 10.5 Å². The van der Waals surface area contributed by atoms with Crippen LogP contribution in [-0.4, -0.2) is 24.5 Å². The molecule has 0 aliphatic carbocycles. The maximum absolute atomic E-state index is 13.4. The molecule has 28 heavy (non-hydrogen) atoms. The number of carbonyl (C=O) groups is 2. The summed E-state index contributed by atoms with van der Waals surface area (Å²) in [6.45, 7) is 0.187. The molecule has 0 saturated heterocycles. The van der Waals surface area contributed by atoms with E-state index in [9.17, 15) is 22.8 Å². The Bertz CT molecular complexity index is 897. The normalized spacial score (nSPS) is 15.6. The van der Waals surface area contributed by atoms with Gasteiger partial charge in [-0.3, -0.25) is 9.59 Å². The maximum Gasteiger partial charge on any atom is 0.417 e. The van der Waals surface area contributed by atoms with Crippen molar-refractivity contribution in [3.63, 3.8) is 0 Å². The summed E-state index contributed by atoms with van der Waals surface area (Å²) in [5.74, 6) is -0.496. The van der Waals surface area contributed by atoms with Crippen molar-refractivity contribution in [2.75, 3.05) is 6.54 Å². The number of ether oxygens (including phenoxy) is 1. The van der Waals surface area contributed by atoms with Crippen molar-refractivity contribution in [2.24, 2.45) is 5.73 Å². The average Bonchev–Trinajstić information content (AvgIpc) is 3.07. The molecular weight excluding hydrogens is 373 g/mol. The number of fused-ring (bicyclic) bond motifs is 1. The number of hydrogen-bond donors (Lipinski definition) is 2. The van der Waals surface area contributed by atoms with E-state index >= 15 is 0 Å². The van der Waals surface area contributed by atoms with Crippen LogP contribution in [0.2, 0.25) is 0 Å². The summed E-state index contributed by atoms with van der Waals surface area (Å²) in [5, 5.41) is 2.66. The van der Waals surface area contributed by atoms with E-state index in [-0.39, 0.29) is 30.9 Å². The van der Waals surface area contributed by atoms with Gasteiger partial charge in [-0.2, -0.15) is 13.2 Å². The smallest absolute Gasteiger partial charge is 0.417 e. The van der Waals surface area contributed by atoms with E-state index in [1.54, 1.807) is 24.3 Å². The second-order valence-electron chi connectivity index (χ2n) is 6.55. The highest BCUT2D eigenvalue weighted by molar-refractivity contribution is 5.82. The van der Waals surface area contributed by atoms with Crippen LogP contribution in [0.1, 0.15) is 24.0 Å². The topological polar surface area (TPSA) is 81.4 Å². The third kappa shape index (κ3) is 4.44. The fourth-order valence-electron chi connectivity index (χ4n) is 3.18. The molecule has 1 aliphatic rings. The van der Waals surface area contributed by atoms with Crippen LogP contribution in [-0.2, 0) is 22.2 Å². The number of amides is 2. The third-order valence-corrected chi connectivity index (χ3v) is 4.48. The molecule has 2 aromatic carbocycles. The first kappa shape index (κ1) is 19.7. The van der Waals surface area contributed by atoms with Crippen LogP contribution >= 0.6 is 0 Å². The SMILES string of the molecule is NC(=O)CCC(=O)NC[C@@H]1Cc2cccc(-c3ccccc3C(F)(F)F)c2O1. The summed E-state index contributed by atoms with van der Waals surface area (Å²) in [6.07, 6.45) is -4.47. The average molecular weight is 392 g/mol. The van der Waals surface area contributed by atoms with Crippen molar-refractivity contribution in [2.45, 2.75) is 31.5 Å². The van der Waals surface area contributed by atoms with E-state index < -0.39 is 23.8 Å². The molecule has 0 bridgehead atoms. The highest BCUT2D eigenvalue weighted by atomic mass is 19.4. The molecule has 1 atom stereocenters. The lowest BCUT2D eigenvalue weighted by atomic mass is 9.96. The van der Waals surface area contributed by atoms with Crippen LogP contribution in [0.4, 0.5) is 13.2 Å². The molecule has 8 heteroatoms. The lowest BCUT2D eigenvalue weighted by molar-refractivity contribution is -0.137. The first-order valence-electron chi connectivity index (χ1n) is 8.76. The second-order valence-corrected chi connectivity index (χ2v) is 6.55. The summed E-state index contributed by atoms with van der Waals surface area (Å²) in [7, 11) is 0. The van der Waals surface area contributed by atoms with Gasteiger partial charge in [-0.05, 0) is 17.2 Å². The Kier molecular flexibility index (Phi) is 5.58.